The van der Waals surface area contributed by atoms with Gasteiger partial charge in [0.1, 0.15) is 11.2 Å². The lowest BCUT2D eigenvalue weighted by Gasteiger charge is -2.32. The molecule has 494 valence electrons. The highest BCUT2D eigenvalue weighted by Crippen LogP contribution is 2.25. The number of carbonyl (C=O) groups is 2. The van der Waals surface area contributed by atoms with Gasteiger partial charge in [0, 0.05) is 105 Å². The number of carbonyl (C=O) groups excluding carboxylic acids is 2. The maximum Gasteiger partial charge on any atom is 0.410 e. The van der Waals surface area contributed by atoms with Crippen molar-refractivity contribution >= 4 is 52.3 Å². The van der Waals surface area contributed by atoms with Gasteiger partial charge in [-0.15, -0.1) is 0 Å². The summed E-state index contributed by atoms with van der Waals surface area (Å²) in [5.41, 5.74) is 3.79. The van der Waals surface area contributed by atoms with Crippen LogP contribution in [0, 0.1) is 27.7 Å². The largest absolute Gasteiger partial charge is 0.444 e. The van der Waals surface area contributed by atoms with E-state index in [4.69, 9.17) is 9.47 Å². The third kappa shape index (κ3) is 20.6. The molecule has 0 spiro atoms. The molecular weight excluding hydrogens is 1230 g/mol. The average molecular weight is 1320 g/mol. The Hall–Kier alpha value is -5.80. The van der Waals surface area contributed by atoms with Crippen molar-refractivity contribution in [2.45, 2.75) is 139 Å². The lowest BCUT2D eigenvalue weighted by atomic mass is 10.1. The summed E-state index contributed by atoms with van der Waals surface area (Å²) in [5, 5.41) is 0. The molecule has 0 bridgehead atoms. The number of nitrogens with zero attached hydrogens (tertiary/aromatic N) is 8. The van der Waals surface area contributed by atoms with Crippen molar-refractivity contribution in [2.24, 2.45) is 0 Å². The van der Waals surface area contributed by atoms with Crippen LogP contribution in [0.4, 0.5) is 9.59 Å². The van der Waals surface area contributed by atoms with Gasteiger partial charge in [-0.05, 0) is 168 Å². The second-order valence-corrected chi connectivity index (χ2v) is 33.3. The van der Waals surface area contributed by atoms with Crippen LogP contribution in [0.5, 0.6) is 0 Å². The first-order valence-electron chi connectivity index (χ1n) is 31.1. The molecule has 0 unspecified atom stereocenters. The Kier molecular flexibility index (Phi) is 24.8. The van der Waals surface area contributed by atoms with E-state index in [0.717, 1.165) is 33.4 Å². The first-order chi connectivity index (χ1) is 42.3. The SMILES string of the molecule is Cc1ccc(S(=O)(=O)N2CCCN(C(=O)OC(C)(C)C)CCN(S(=O)(=O)c3ccc(C)cc3)CCCN(Cc3ccc(CN4CCCN(S(=O)(=O)c5ccc(C)cc5)CCN(C(=O)OC(C)(C)C)CCCN(S(=O)(=O)c5ccc(C)cc5)CC4)cc3)CC2)cc1. The molecule has 2 aliphatic rings. The summed E-state index contributed by atoms with van der Waals surface area (Å²) in [6.45, 7) is 21.0. The summed E-state index contributed by atoms with van der Waals surface area (Å²) >= 11 is 0. The highest BCUT2D eigenvalue weighted by molar-refractivity contribution is 7.90. The van der Waals surface area contributed by atoms with Crippen LogP contribution in [0.15, 0.2) is 141 Å². The van der Waals surface area contributed by atoms with Gasteiger partial charge in [-0.2, -0.15) is 17.2 Å². The molecule has 0 atom stereocenters. The van der Waals surface area contributed by atoms with E-state index in [1.54, 1.807) is 139 Å². The molecule has 2 saturated heterocycles. The summed E-state index contributed by atoms with van der Waals surface area (Å²) in [6.07, 6.45) is -0.0139. The van der Waals surface area contributed by atoms with E-state index >= 15 is 0 Å². The fourth-order valence-electron chi connectivity index (χ4n) is 10.7. The Labute approximate surface area is 536 Å². The minimum absolute atomic E-state index is 0.00754. The quantitative estimate of drug-likeness (QED) is 0.114. The normalized spacial score (nSPS) is 18.1. The zero-order chi connectivity index (χ0) is 65.7. The van der Waals surface area contributed by atoms with Gasteiger partial charge >= 0.3 is 12.2 Å². The molecule has 0 aliphatic carbocycles. The zero-order valence-corrected chi connectivity index (χ0v) is 57.5. The number of amides is 2. The fraction of sp³-hybridized carbons (Fsp3) is 0.515. The fourth-order valence-corrected chi connectivity index (χ4v) is 16.6. The molecule has 2 fully saturated rings. The number of aryl methyl sites for hydroxylation is 4. The molecule has 0 N–H and O–H groups in total. The van der Waals surface area contributed by atoms with Crippen LogP contribution in [0.25, 0.3) is 0 Å². The van der Waals surface area contributed by atoms with Gasteiger partial charge < -0.3 is 19.3 Å². The van der Waals surface area contributed by atoms with Crippen molar-refractivity contribution in [3.05, 3.63) is 155 Å². The molecular formula is C66H94N8O12S4. The standard InChI is InChI=1S/C66H94N8O12S4/c1-53-15-27-59(28-16-53)87(77,78)71-41-13-37-69(63(75)85-65(5,6)7)45-49-73(89(81,82)61-31-19-55(3)20-32-61)39-11-35-67(43-47-71)51-57-23-25-58(26-24-57)52-68-36-12-40-74(90(83,84)62-33-21-56(4)22-34-62)50-46-70(64(76)86-66(8,9)10)38-14-42-72(48-44-68)88(79,80)60-29-17-54(2)18-30-60/h15-34H,11-14,35-52H2,1-10H3. The number of sulfonamides is 4. The lowest BCUT2D eigenvalue weighted by molar-refractivity contribution is 0.0227. The Morgan fingerprint density at radius 2 is 0.556 bits per heavy atom. The molecule has 0 aromatic heterocycles. The van der Waals surface area contributed by atoms with Gasteiger partial charge in [0.2, 0.25) is 40.1 Å². The van der Waals surface area contributed by atoms with Crippen LogP contribution in [-0.2, 0) is 62.7 Å². The van der Waals surface area contributed by atoms with Gasteiger partial charge in [-0.3, -0.25) is 9.80 Å². The molecule has 90 heavy (non-hydrogen) atoms. The maximum atomic E-state index is 14.5. The van der Waals surface area contributed by atoms with Crippen molar-refractivity contribution in [1.29, 1.82) is 0 Å². The summed E-state index contributed by atoms with van der Waals surface area (Å²) in [7, 11) is -16.1. The van der Waals surface area contributed by atoms with Gasteiger partial charge in [-0.25, -0.2) is 43.3 Å². The van der Waals surface area contributed by atoms with Gasteiger partial charge in [0.25, 0.3) is 0 Å². The van der Waals surface area contributed by atoms with Crippen molar-refractivity contribution in [3.8, 4) is 0 Å². The van der Waals surface area contributed by atoms with Crippen LogP contribution >= 0.6 is 0 Å². The van der Waals surface area contributed by atoms with Crippen molar-refractivity contribution in [3.63, 3.8) is 0 Å². The zero-order valence-electron chi connectivity index (χ0n) is 54.2. The molecule has 2 aliphatic heterocycles. The summed E-state index contributed by atoms with van der Waals surface area (Å²) in [6, 6.07) is 34.8. The molecule has 7 rings (SSSR count). The van der Waals surface area contributed by atoms with Crippen LogP contribution in [0.3, 0.4) is 0 Å². The van der Waals surface area contributed by atoms with Crippen LogP contribution in [0.2, 0.25) is 0 Å². The highest BCUT2D eigenvalue weighted by atomic mass is 32.2. The van der Waals surface area contributed by atoms with Crippen LogP contribution in [0.1, 0.15) is 101 Å². The van der Waals surface area contributed by atoms with Gasteiger partial charge in [0.15, 0.2) is 0 Å². The highest BCUT2D eigenvalue weighted by Gasteiger charge is 2.33. The summed E-state index contributed by atoms with van der Waals surface area (Å²) < 4.78 is 133. The van der Waals surface area contributed by atoms with E-state index in [-0.39, 0.29) is 111 Å². The average Bonchev–Trinajstić information content (AvgIpc) is 1.03. The van der Waals surface area contributed by atoms with E-state index in [0.29, 0.717) is 52.1 Å². The number of rotatable bonds is 12. The molecule has 20 nitrogen and oxygen atoms in total. The molecule has 2 amide bonds. The van der Waals surface area contributed by atoms with E-state index in [1.165, 1.54) is 27.0 Å². The number of hydrogen-bond donors (Lipinski definition) is 0. The molecule has 5 aromatic carbocycles. The first-order valence-corrected chi connectivity index (χ1v) is 36.8. The monoisotopic (exact) mass is 1320 g/mol. The second-order valence-electron chi connectivity index (χ2n) is 25.6. The van der Waals surface area contributed by atoms with Gasteiger partial charge in [-0.1, -0.05) is 95.1 Å². The Balaban J connectivity index is 1.17. The second kappa shape index (κ2) is 31.2. The van der Waals surface area contributed by atoms with E-state index in [2.05, 4.69) is 9.80 Å². The van der Waals surface area contributed by atoms with E-state index < -0.39 is 63.5 Å². The predicted molar refractivity (Wildman–Crippen MR) is 351 cm³/mol. The third-order valence-electron chi connectivity index (χ3n) is 15.8. The number of ether oxygens (including phenoxy) is 2. The molecule has 0 radical (unpaired) electrons. The van der Waals surface area contributed by atoms with E-state index in [1.807, 2.05) is 52.0 Å². The Morgan fingerprint density at radius 3 is 0.800 bits per heavy atom. The summed E-state index contributed by atoms with van der Waals surface area (Å²) in [5.74, 6) is 0. The van der Waals surface area contributed by atoms with Crippen molar-refractivity contribution in [2.75, 3.05) is 105 Å². The molecule has 2 heterocycles. The van der Waals surface area contributed by atoms with Crippen molar-refractivity contribution < 1.29 is 52.7 Å². The number of benzene rings is 5. The predicted octanol–water partition coefficient (Wildman–Crippen LogP) is 9.35. The smallest absolute Gasteiger partial charge is 0.410 e. The minimum Gasteiger partial charge on any atom is -0.444 e. The minimum atomic E-state index is -4.03. The molecule has 5 aromatic rings. The summed E-state index contributed by atoms with van der Waals surface area (Å²) in [4.78, 5) is 35.3. The maximum absolute atomic E-state index is 14.5. The topological polar surface area (TPSA) is 215 Å². The first kappa shape index (κ1) is 71.6. The van der Waals surface area contributed by atoms with Crippen LogP contribution in [-0.4, -0.2) is 199 Å². The number of hydrogen-bond acceptors (Lipinski definition) is 14. The third-order valence-corrected chi connectivity index (χ3v) is 23.4. The van der Waals surface area contributed by atoms with Gasteiger partial charge in [0.05, 0.1) is 19.6 Å². The van der Waals surface area contributed by atoms with Crippen molar-refractivity contribution in [1.82, 2.24) is 36.8 Å². The van der Waals surface area contributed by atoms with Crippen LogP contribution < -0.4 is 0 Å². The Morgan fingerprint density at radius 1 is 0.322 bits per heavy atom. The lowest BCUT2D eigenvalue weighted by Crippen LogP contribution is -2.46. The molecule has 24 heteroatoms. The molecule has 0 saturated carbocycles. The van der Waals surface area contributed by atoms with E-state index in [9.17, 15) is 43.3 Å². The Bertz CT molecular complexity index is 3380.